The smallest absolute Gasteiger partial charge is 0.0962 e. The molecule has 0 unspecified atom stereocenters. The van der Waals surface area contributed by atoms with Crippen molar-refractivity contribution in [3.63, 3.8) is 0 Å². The summed E-state index contributed by atoms with van der Waals surface area (Å²) in [5.74, 6) is 0. The summed E-state index contributed by atoms with van der Waals surface area (Å²) in [7, 11) is 2.13. The molecule has 16 heavy (non-hydrogen) atoms. The molecule has 0 spiro atoms. The van der Waals surface area contributed by atoms with Gasteiger partial charge < -0.3 is 10.6 Å². The van der Waals surface area contributed by atoms with Crippen molar-refractivity contribution < 1.29 is 0 Å². The van der Waals surface area contributed by atoms with Gasteiger partial charge >= 0.3 is 0 Å². The van der Waals surface area contributed by atoms with Crippen LogP contribution in [-0.2, 0) is 13.1 Å². The van der Waals surface area contributed by atoms with Crippen LogP contribution < -0.4 is 5.73 Å². The van der Waals surface area contributed by atoms with Crippen molar-refractivity contribution in [3.8, 4) is 0 Å². The SMILES string of the molecule is CN(CCn1cc(CN)nn1)CC(C)(C)C. The average molecular weight is 225 g/mol. The summed E-state index contributed by atoms with van der Waals surface area (Å²) in [5.41, 5.74) is 6.65. The Labute approximate surface area is 97.6 Å². The van der Waals surface area contributed by atoms with Crippen molar-refractivity contribution in [2.75, 3.05) is 20.1 Å². The molecule has 0 saturated heterocycles. The summed E-state index contributed by atoms with van der Waals surface area (Å²) in [6, 6.07) is 0. The maximum atomic E-state index is 5.48. The second kappa shape index (κ2) is 5.41. The quantitative estimate of drug-likeness (QED) is 0.802. The minimum absolute atomic E-state index is 0.333. The molecule has 0 bridgehead atoms. The summed E-state index contributed by atoms with van der Waals surface area (Å²) in [6.45, 7) is 10.1. The van der Waals surface area contributed by atoms with E-state index in [-0.39, 0.29) is 0 Å². The molecule has 0 aliphatic rings. The molecule has 1 heterocycles. The van der Waals surface area contributed by atoms with E-state index < -0.39 is 0 Å². The highest BCUT2D eigenvalue weighted by atomic mass is 15.4. The van der Waals surface area contributed by atoms with E-state index in [9.17, 15) is 0 Å². The molecule has 0 saturated carbocycles. The lowest BCUT2D eigenvalue weighted by atomic mass is 9.96. The number of hydrogen-bond acceptors (Lipinski definition) is 4. The van der Waals surface area contributed by atoms with Crippen LogP contribution >= 0.6 is 0 Å². The summed E-state index contributed by atoms with van der Waals surface area (Å²) < 4.78 is 1.85. The molecule has 1 aromatic rings. The zero-order valence-electron chi connectivity index (χ0n) is 10.8. The van der Waals surface area contributed by atoms with Crippen molar-refractivity contribution in [1.29, 1.82) is 0 Å². The van der Waals surface area contributed by atoms with E-state index in [0.29, 0.717) is 12.0 Å². The average Bonchev–Trinajstić information content (AvgIpc) is 2.59. The zero-order chi connectivity index (χ0) is 12.2. The molecule has 5 nitrogen and oxygen atoms in total. The fourth-order valence-corrected chi connectivity index (χ4v) is 1.70. The summed E-state index contributed by atoms with van der Waals surface area (Å²) >= 11 is 0. The van der Waals surface area contributed by atoms with E-state index >= 15 is 0 Å². The lowest BCUT2D eigenvalue weighted by Crippen LogP contribution is -2.31. The summed E-state index contributed by atoms with van der Waals surface area (Å²) in [4.78, 5) is 2.31. The first-order chi connectivity index (χ1) is 7.40. The first-order valence-electron chi connectivity index (χ1n) is 5.68. The predicted octanol–water partition coefficient (Wildman–Crippen LogP) is 0.715. The molecule has 0 aliphatic carbocycles. The van der Waals surface area contributed by atoms with Gasteiger partial charge in [0.25, 0.3) is 0 Å². The van der Waals surface area contributed by atoms with Gasteiger partial charge in [0.05, 0.1) is 12.2 Å². The molecular formula is C11H23N5. The normalized spacial score (nSPS) is 12.4. The number of rotatable bonds is 5. The number of aromatic nitrogens is 3. The Kier molecular flexibility index (Phi) is 4.44. The zero-order valence-corrected chi connectivity index (χ0v) is 10.8. The lowest BCUT2D eigenvalue weighted by molar-refractivity contribution is 0.218. The number of nitrogens with zero attached hydrogens (tertiary/aromatic N) is 4. The van der Waals surface area contributed by atoms with Gasteiger partial charge in [-0.1, -0.05) is 26.0 Å². The number of hydrogen-bond donors (Lipinski definition) is 1. The second-order valence-electron chi connectivity index (χ2n) is 5.48. The fourth-order valence-electron chi connectivity index (χ4n) is 1.70. The largest absolute Gasteiger partial charge is 0.325 e. The maximum absolute atomic E-state index is 5.48. The van der Waals surface area contributed by atoms with E-state index in [2.05, 4.69) is 43.0 Å². The van der Waals surface area contributed by atoms with Crippen LogP contribution in [0.3, 0.4) is 0 Å². The highest BCUT2D eigenvalue weighted by Gasteiger charge is 2.13. The maximum Gasteiger partial charge on any atom is 0.0962 e. The first kappa shape index (κ1) is 13.1. The van der Waals surface area contributed by atoms with E-state index in [1.807, 2.05) is 10.9 Å². The van der Waals surface area contributed by atoms with Crippen LogP contribution in [0.25, 0.3) is 0 Å². The van der Waals surface area contributed by atoms with Crippen LogP contribution in [0, 0.1) is 5.41 Å². The van der Waals surface area contributed by atoms with E-state index in [1.54, 1.807) is 0 Å². The second-order valence-corrected chi connectivity index (χ2v) is 5.48. The Balaban J connectivity index is 2.34. The third-order valence-electron chi connectivity index (χ3n) is 2.25. The standard InChI is InChI=1S/C11H23N5/c1-11(2,3)9-15(4)5-6-16-8-10(7-12)13-14-16/h8H,5-7,9,12H2,1-4H3. The molecule has 1 aromatic heterocycles. The van der Waals surface area contributed by atoms with Crippen molar-refractivity contribution in [2.45, 2.75) is 33.9 Å². The van der Waals surface area contributed by atoms with Gasteiger partial charge in [0.1, 0.15) is 0 Å². The Morgan fingerprint density at radius 2 is 2.12 bits per heavy atom. The lowest BCUT2D eigenvalue weighted by Gasteiger charge is -2.26. The Bertz CT molecular complexity index is 312. The Morgan fingerprint density at radius 1 is 1.44 bits per heavy atom. The third kappa shape index (κ3) is 4.72. The third-order valence-corrected chi connectivity index (χ3v) is 2.25. The van der Waals surface area contributed by atoms with Gasteiger partial charge in [-0.05, 0) is 12.5 Å². The summed E-state index contributed by atoms with van der Waals surface area (Å²) in [5, 5.41) is 7.97. The van der Waals surface area contributed by atoms with Crippen LogP contribution in [-0.4, -0.2) is 40.0 Å². The van der Waals surface area contributed by atoms with Crippen molar-refractivity contribution >= 4 is 0 Å². The van der Waals surface area contributed by atoms with E-state index in [4.69, 9.17) is 5.73 Å². The highest BCUT2D eigenvalue weighted by Crippen LogP contribution is 2.13. The van der Waals surface area contributed by atoms with Gasteiger partial charge in [-0.25, -0.2) is 0 Å². The van der Waals surface area contributed by atoms with Crippen molar-refractivity contribution in [3.05, 3.63) is 11.9 Å². The van der Waals surface area contributed by atoms with Crippen LogP contribution in [0.2, 0.25) is 0 Å². The topological polar surface area (TPSA) is 60.0 Å². The van der Waals surface area contributed by atoms with Gasteiger partial charge in [0, 0.05) is 25.8 Å². The predicted molar refractivity (Wildman–Crippen MR) is 64.9 cm³/mol. The van der Waals surface area contributed by atoms with E-state index in [0.717, 1.165) is 25.3 Å². The van der Waals surface area contributed by atoms with Crippen LogP contribution in [0.15, 0.2) is 6.20 Å². The van der Waals surface area contributed by atoms with Crippen molar-refractivity contribution in [2.24, 2.45) is 11.1 Å². The molecule has 0 atom stereocenters. The van der Waals surface area contributed by atoms with Gasteiger partial charge in [0.2, 0.25) is 0 Å². The van der Waals surface area contributed by atoms with Gasteiger partial charge in [-0.15, -0.1) is 5.10 Å². The molecule has 1 rings (SSSR count). The minimum Gasteiger partial charge on any atom is -0.325 e. The van der Waals surface area contributed by atoms with Crippen LogP contribution in [0.5, 0.6) is 0 Å². The number of nitrogens with two attached hydrogens (primary N) is 1. The van der Waals surface area contributed by atoms with Crippen LogP contribution in [0.1, 0.15) is 26.5 Å². The molecular weight excluding hydrogens is 202 g/mol. The van der Waals surface area contributed by atoms with E-state index in [1.165, 1.54) is 0 Å². The highest BCUT2D eigenvalue weighted by molar-refractivity contribution is 4.90. The molecule has 5 heteroatoms. The molecule has 0 aliphatic heterocycles. The van der Waals surface area contributed by atoms with Crippen molar-refractivity contribution in [1.82, 2.24) is 19.9 Å². The molecule has 0 aromatic carbocycles. The number of likely N-dealkylation sites (N-methyl/N-ethyl adjacent to an activating group) is 1. The molecule has 0 amide bonds. The van der Waals surface area contributed by atoms with Gasteiger partial charge in [0.15, 0.2) is 0 Å². The van der Waals surface area contributed by atoms with Gasteiger partial charge in [-0.3, -0.25) is 4.68 Å². The van der Waals surface area contributed by atoms with Gasteiger partial charge in [-0.2, -0.15) is 0 Å². The molecule has 0 radical (unpaired) electrons. The van der Waals surface area contributed by atoms with Crippen LogP contribution in [0.4, 0.5) is 0 Å². The Hall–Kier alpha value is -0.940. The monoisotopic (exact) mass is 225 g/mol. The molecule has 2 N–H and O–H groups in total. The Morgan fingerprint density at radius 3 is 2.62 bits per heavy atom. The minimum atomic E-state index is 0.333. The molecule has 0 fully saturated rings. The molecule has 92 valence electrons. The first-order valence-corrected chi connectivity index (χ1v) is 5.68. The summed E-state index contributed by atoms with van der Waals surface area (Å²) in [6.07, 6.45) is 1.91. The fraction of sp³-hybridized carbons (Fsp3) is 0.818.